The van der Waals surface area contributed by atoms with Crippen molar-refractivity contribution in [3.8, 4) is 0 Å². The molecule has 0 amide bonds. The molecular weight excluding hydrogens is 189 g/mol. The Morgan fingerprint density at radius 3 is 2.67 bits per heavy atom. The largest absolute Gasteiger partial charge is 0.310 e. The van der Waals surface area contributed by atoms with Crippen LogP contribution >= 0.6 is 0 Å². The van der Waals surface area contributed by atoms with Gasteiger partial charge in [-0.3, -0.25) is 0 Å². The van der Waals surface area contributed by atoms with Crippen molar-refractivity contribution in [2.45, 2.75) is 39.7 Å². The molecule has 15 heavy (non-hydrogen) atoms. The lowest BCUT2D eigenvalue weighted by molar-refractivity contribution is 0.486. The van der Waals surface area contributed by atoms with Crippen LogP contribution in [0.3, 0.4) is 0 Å². The van der Waals surface area contributed by atoms with E-state index in [1.54, 1.807) is 0 Å². The van der Waals surface area contributed by atoms with E-state index in [9.17, 15) is 4.39 Å². The average molecular weight is 209 g/mol. The summed E-state index contributed by atoms with van der Waals surface area (Å²) in [7, 11) is 0. The molecule has 1 atom stereocenters. The van der Waals surface area contributed by atoms with E-state index >= 15 is 0 Å². The predicted octanol–water partition coefficient (Wildman–Crippen LogP) is 3.58. The van der Waals surface area contributed by atoms with Crippen molar-refractivity contribution in [3.63, 3.8) is 0 Å². The van der Waals surface area contributed by atoms with Gasteiger partial charge in [-0.1, -0.05) is 32.0 Å². The third-order valence-electron chi connectivity index (χ3n) is 2.65. The fraction of sp³-hybridized carbons (Fsp3) is 0.538. The van der Waals surface area contributed by atoms with Gasteiger partial charge in [-0.25, -0.2) is 4.39 Å². The van der Waals surface area contributed by atoms with Gasteiger partial charge in [0.15, 0.2) is 0 Å². The minimum Gasteiger partial charge on any atom is -0.310 e. The third-order valence-corrected chi connectivity index (χ3v) is 2.65. The highest BCUT2D eigenvalue weighted by atomic mass is 19.1. The zero-order valence-corrected chi connectivity index (χ0v) is 9.81. The first-order chi connectivity index (χ1) is 7.20. The summed E-state index contributed by atoms with van der Waals surface area (Å²) in [6, 6.07) is 5.75. The maximum absolute atomic E-state index is 13.8. The summed E-state index contributed by atoms with van der Waals surface area (Å²) in [6.45, 7) is 6.94. The first kappa shape index (κ1) is 12.2. The van der Waals surface area contributed by atoms with Crippen molar-refractivity contribution >= 4 is 0 Å². The van der Waals surface area contributed by atoms with Gasteiger partial charge in [-0.15, -0.1) is 0 Å². The molecule has 2 heteroatoms. The van der Waals surface area contributed by atoms with Gasteiger partial charge in [-0.2, -0.15) is 0 Å². The Hall–Kier alpha value is -0.890. The zero-order valence-electron chi connectivity index (χ0n) is 9.81. The molecule has 1 nitrogen and oxygen atoms in total. The summed E-state index contributed by atoms with van der Waals surface area (Å²) >= 11 is 0. The molecule has 0 spiro atoms. The Bertz CT molecular complexity index is 309. The fourth-order valence-corrected chi connectivity index (χ4v) is 1.73. The molecule has 0 saturated carbocycles. The fourth-order valence-electron chi connectivity index (χ4n) is 1.73. The lowest BCUT2D eigenvalue weighted by Gasteiger charge is -2.18. The van der Waals surface area contributed by atoms with Crippen LogP contribution in [-0.4, -0.2) is 6.54 Å². The van der Waals surface area contributed by atoms with Crippen molar-refractivity contribution in [2.75, 3.05) is 6.54 Å². The maximum atomic E-state index is 13.8. The molecule has 0 saturated heterocycles. The van der Waals surface area contributed by atoms with Crippen molar-refractivity contribution in [3.05, 3.63) is 35.1 Å². The topological polar surface area (TPSA) is 12.0 Å². The van der Waals surface area contributed by atoms with Crippen LogP contribution in [0, 0.1) is 12.7 Å². The molecule has 0 aliphatic heterocycles. The minimum absolute atomic E-state index is 0.0621. The summed E-state index contributed by atoms with van der Waals surface area (Å²) in [5.74, 6) is -0.0621. The number of nitrogens with one attached hydrogen (secondary N) is 1. The van der Waals surface area contributed by atoms with Gasteiger partial charge in [0.1, 0.15) is 5.82 Å². The van der Waals surface area contributed by atoms with Crippen molar-refractivity contribution in [1.82, 2.24) is 5.32 Å². The van der Waals surface area contributed by atoms with Crippen LogP contribution in [0.2, 0.25) is 0 Å². The molecule has 1 rings (SSSR count). The molecule has 0 heterocycles. The summed E-state index contributed by atoms with van der Waals surface area (Å²) in [4.78, 5) is 0. The summed E-state index contributed by atoms with van der Waals surface area (Å²) in [5.41, 5.74) is 1.52. The Labute approximate surface area is 91.7 Å². The monoisotopic (exact) mass is 209 g/mol. The van der Waals surface area contributed by atoms with Gasteiger partial charge in [0.05, 0.1) is 0 Å². The third kappa shape index (κ3) is 3.03. The van der Waals surface area contributed by atoms with Gasteiger partial charge < -0.3 is 5.32 Å². The van der Waals surface area contributed by atoms with Gasteiger partial charge in [0.2, 0.25) is 0 Å². The number of hydrogen-bond donors (Lipinski definition) is 1. The van der Waals surface area contributed by atoms with Crippen LogP contribution in [0.25, 0.3) is 0 Å². The lowest BCUT2D eigenvalue weighted by Crippen LogP contribution is -2.22. The van der Waals surface area contributed by atoms with E-state index in [1.807, 2.05) is 25.1 Å². The zero-order chi connectivity index (χ0) is 11.3. The molecule has 0 radical (unpaired) electrons. The molecule has 0 bridgehead atoms. The molecule has 1 aromatic carbocycles. The smallest absolute Gasteiger partial charge is 0.130 e. The molecular formula is C13H20FN. The van der Waals surface area contributed by atoms with Crippen LogP contribution in [-0.2, 0) is 0 Å². The van der Waals surface area contributed by atoms with E-state index < -0.39 is 0 Å². The highest BCUT2D eigenvalue weighted by molar-refractivity contribution is 5.27. The normalized spacial score (nSPS) is 12.8. The predicted molar refractivity (Wildman–Crippen MR) is 62.5 cm³/mol. The summed E-state index contributed by atoms with van der Waals surface area (Å²) < 4.78 is 13.8. The summed E-state index contributed by atoms with van der Waals surface area (Å²) in [6.07, 6.45) is 1.99. The molecule has 1 aromatic rings. The average Bonchev–Trinajstić information content (AvgIpc) is 2.25. The van der Waals surface area contributed by atoms with Crippen LogP contribution in [0.5, 0.6) is 0 Å². The van der Waals surface area contributed by atoms with Crippen LogP contribution in [0.15, 0.2) is 18.2 Å². The van der Waals surface area contributed by atoms with E-state index in [1.165, 1.54) is 0 Å². The number of halogens is 1. The summed E-state index contributed by atoms with van der Waals surface area (Å²) in [5, 5.41) is 3.36. The van der Waals surface area contributed by atoms with Crippen LogP contribution in [0.1, 0.15) is 43.9 Å². The van der Waals surface area contributed by atoms with Crippen LogP contribution < -0.4 is 5.32 Å². The lowest BCUT2D eigenvalue weighted by atomic mass is 10.0. The Morgan fingerprint density at radius 1 is 1.33 bits per heavy atom. The molecule has 1 unspecified atom stereocenters. The van der Waals surface area contributed by atoms with E-state index in [0.29, 0.717) is 0 Å². The Kier molecular flexibility index (Phi) is 4.76. The Balaban J connectivity index is 2.86. The van der Waals surface area contributed by atoms with Crippen molar-refractivity contribution < 1.29 is 4.39 Å². The first-order valence-electron chi connectivity index (χ1n) is 5.69. The van der Waals surface area contributed by atoms with Crippen LogP contribution in [0.4, 0.5) is 4.39 Å². The van der Waals surface area contributed by atoms with E-state index in [0.717, 1.165) is 30.5 Å². The van der Waals surface area contributed by atoms with Gasteiger partial charge in [0, 0.05) is 11.6 Å². The van der Waals surface area contributed by atoms with Gasteiger partial charge in [0.25, 0.3) is 0 Å². The molecule has 0 aliphatic carbocycles. The molecule has 0 fully saturated rings. The number of rotatable bonds is 5. The second-order valence-electron chi connectivity index (χ2n) is 3.89. The van der Waals surface area contributed by atoms with Crippen molar-refractivity contribution in [2.24, 2.45) is 0 Å². The van der Waals surface area contributed by atoms with E-state index in [2.05, 4.69) is 19.2 Å². The minimum atomic E-state index is -0.0621. The second-order valence-corrected chi connectivity index (χ2v) is 3.89. The van der Waals surface area contributed by atoms with Crippen molar-refractivity contribution in [1.29, 1.82) is 0 Å². The highest BCUT2D eigenvalue weighted by Gasteiger charge is 2.13. The number of hydrogen-bond acceptors (Lipinski definition) is 1. The SMILES string of the molecule is CCCNC(CC)c1cccc(C)c1F. The molecule has 1 N–H and O–H groups in total. The van der Waals surface area contributed by atoms with E-state index in [4.69, 9.17) is 0 Å². The first-order valence-corrected chi connectivity index (χ1v) is 5.69. The number of benzene rings is 1. The Morgan fingerprint density at radius 2 is 2.07 bits per heavy atom. The maximum Gasteiger partial charge on any atom is 0.130 e. The standard InChI is InChI=1S/C13H20FN/c1-4-9-15-12(5-2)11-8-6-7-10(3)13(11)14/h6-8,12,15H,4-5,9H2,1-3H3. The van der Waals surface area contributed by atoms with Gasteiger partial charge >= 0.3 is 0 Å². The highest BCUT2D eigenvalue weighted by Crippen LogP contribution is 2.21. The molecule has 0 aromatic heterocycles. The quantitative estimate of drug-likeness (QED) is 0.781. The molecule has 0 aliphatic rings. The van der Waals surface area contributed by atoms with Gasteiger partial charge in [-0.05, 0) is 31.9 Å². The second kappa shape index (κ2) is 5.86. The van der Waals surface area contributed by atoms with E-state index in [-0.39, 0.29) is 11.9 Å². The molecule has 84 valence electrons. The number of aryl methyl sites for hydroxylation is 1.